The summed E-state index contributed by atoms with van der Waals surface area (Å²) in [4.78, 5) is 17.0. The molecule has 0 aliphatic heterocycles. The molecule has 0 aliphatic carbocycles. The number of amides is 1. The summed E-state index contributed by atoms with van der Waals surface area (Å²) >= 11 is 12.1. The van der Waals surface area contributed by atoms with Crippen molar-refractivity contribution in [2.45, 2.75) is 31.3 Å². The van der Waals surface area contributed by atoms with Crippen molar-refractivity contribution >= 4 is 35.1 Å². The summed E-state index contributed by atoms with van der Waals surface area (Å²) in [6, 6.07) is 13.9. The third-order valence-electron chi connectivity index (χ3n) is 5.24. The number of carbonyl (C=O) groups is 1. The summed E-state index contributed by atoms with van der Waals surface area (Å²) in [6.07, 6.45) is -5.11. The van der Waals surface area contributed by atoms with Crippen molar-refractivity contribution in [3.05, 3.63) is 105 Å². The molecule has 196 valence electrons. The number of nitrogens with zero attached hydrogens (tertiary/aromatic N) is 1. The Hall–Kier alpha value is -3.18. The minimum Gasteiger partial charge on any atom is -0.341 e. The van der Waals surface area contributed by atoms with Gasteiger partial charge in [-0.3, -0.25) is 10.1 Å². The van der Waals surface area contributed by atoms with Crippen LogP contribution >= 0.6 is 23.2 Å². The minimum atomic E-state index is -4.54. The van der Waals surface area contributed by atoms with E-state index in [9.17, 15) is 22.4 Å². The Labute approximate surface area is 220 Å². The number of nitrogens with two attached hydrogens (primary N) is 2. The fourth-order valence-electron chi connectivity index (χ4n) is 3.31. The first-order chi connectivity index (χ1) is 17.4. The van der Waals surface area contributed by atoms with Crippen LogP contribution in [0.5, 0.6) is 0 Å². The average molecular weight is 556 g/mol. The summed E-state index contributed by atoms with van der Waals surface area (Å²) in [5, 5.41) is 6.00. The van der Waals surface area contributed by atoms with Crippen molar-refractivity contribution in [3.63, 3.8) is 0 Å². The number of carbonyl (C=O) groups excluding carboxylic acids is 1. The monoisotopic (exact) mass is 555 g/mol. The van der Waals surface area contributed by atoms with E-state index in [1.165, 1.54) is 12.1 Å². The van der Waals surface area contributed by atoms with E-state index >= 15 is 0 Å². The smallest absolute Gasteiger partial charge is 0.341 e. The zero-order valence-electron chi connectivity index (χ0n) is 19.2. The van der Waals surface area contributed by atoms with Crippen LogP contribution in [0.25, 0.3) is 0 Å². The fraction of sp³-hybridized carbons (Fsp3) is 0.200. The van der Waals surface area contributed by atoms with Crippen molar-refractivity contribution in [3.8, 4) is 0 Å². The number of hydrogen-bond donors (Lipinski definition) is 4. The molecule has 12 heteroatoms. The molecule has 0 saturated heterocycles. The molecule has 6 N–H and O–H groups in total. The molecule has 6 nitrogen and oxygen atoms in total. The first-order valence-electron chi connectivity index (χ1n) is 10.9. The maximum absolute atomic E-state index is 13.4. The van der Waals surface area contributed by atoms with E-state index in [1.54, 1.807) is 24.3 Å². The van der Waals surface area contributed by atoms with Gasteiger partial charge in [-0.25, -0.2) is 9.38 Å². The number of rotatable bonds is 7. The first-order valence-corrected chi connectivity index (χ1v) is 11.7. The molecule has 0 spiro atoms. The van der Waals surface area contributed by atoms with Gasteiger partial charge in [0.25, 0.3) is 5.91 Å². The Balaban J connectivity index is 1.77. The molecule has 0 aromatic heterocycles. The molecule has 2 atom stereocenters. The van der Waals surface area contributed by atoms with Gasteiger partial charge in [0.1, 0.15) is 5.82 Å². The van der Waals surface area contributed by atoms with Crippen LogP contribution < -0.4 is 22.1 Å². The van der Waals surface area contributed by atoms with Gasteiger partial charge in [0.2, 0.25) is 0 Å². The van der Waals surface area contributed by atoms with Gasteiger partial charge in [0, 0.05) is 21.7 Å². The topological polar surface area (TPSA) is 106 Å². The molecule has 3 aromatic rings. The van der Waals surface area contributed by atoms with E-state index in [4.69, 9.17) is 34.7 Å². The van der Waals surface area contributed by atoms with Crippen molar-refractivity contribution in [1.82, 2.24) is 10.6 Å². The Morgan fingerprint density at radius 1 is 1.00 bits per heavy atom. The van der Waals surface area contributed by atoms with Gasteiger partial charge < -0.3 is 16.8 Å². The van der Waals surface area contributed by atoms with Gasteiger partial charge in [-0.05, 0) is 66.1 Å². The lowest BCUT2D eigenvalue weighted by Gasteiger charge is -2.21. The molecule has 37 heavy (non-hydrogen) atoms. The van der Waals surface area contributed by atoms with E-state index in [2.05, 4.69) is 15.6 Å². The van der Waals surface area contributed by atoms with Crippen LogP contribution in [-0.2, 0) is 12.7 Å². The Morgan fingerprint density at radius 2 is 1.70 bits per heavy atom. The molecule has 3 aromatic carbocycles. The quantitative estimate of drug-likeness (QED) is 0.135. The van der Waals surface area contributed by atoms with E-state index in [0.717, 1.165) is 35.9 Å². The largest absolute Gasteiger partial charge is 0.416 e. The molecule has 2 unspecified atom stereocenters. The standard InChI is InChI=1S/C25H23Cl2F4N5O/c26-18-3-1-2-15(10-18)21(32)12-22(33)35-24(34-13-16-6-9-19(28)11-20(16)27)36-23(37)14-4-7-17(8-5-14)25(29,30)31/h1-11,21-22H,12-13,32-33H2,(H2,34,35,36,37). The van der Waals surface area contributed by atoms with Gasteiger partial charge in [0.15, 0.2) is 5.96 Å². The van der Waals surface area contributed by atoms with Gasteiger partial charge in [0.05, 0.1) is 18.3 Å². The predicted octanol–water partition coefficient (Wildman–Crippen LogP) is 5.40. The Kier molecular flexibility index (Phi) is 9.50. The summed E-state index contributed by atoms with van der Waals surface area (Å²) in [5.74, 6) is -1.32. The van der Waals surface area contributed by atoms with E-state index in [-0.39, 0.29) is 29.5 Å². The van der Waals surface area contributed by atoms with Gasteiger partial charge >= 0.3 is 6.18 Å². The lowest BCUT2D eigenvalue weighted by Crippen LogP contribution is -2.50. The Morgan fingerprint density at radius 3 is 2.32 bits per heavy atom. The highest BCUT2D eigenvalue weighted by Gasteiger charge is 2.30. The highest BCUT2D eigenvalue weighted by atomic mass is 35.5. The van der Waals surface area contributed by atoms with Crippen LogP contribution in [-0.4, -0.2) is 18.0 Å². The maximum atomic E-state index is 13.4. The van der Waals surface area contributed by atoms with Crippen LogP contribution in [0.15, 0.2) is 71.7 Å². The summed E-state index contributed by atoms with van der Waals surface area (Å²) in [5.41, 5.74) is 12.7. The number of nitrogens with one attached hydrogen (secondary N) is 2. The van der Waals surface area contributed by atoms with Gasteiger partial charge in [-0.2, -0.15) is 13.2 Å². The molecule has 0 saturated carbocycles. The predicted molar refractivity (Wildman–Crippen MR) is 136 cm³/mol. The molecule has 0 bridgehead atoms. The van der Waals surface area contributed by atoms with E-state index in [0.29, 0.717) is 10.6 Å². The molecule has 0 aliphatic rings. The van der Waals surface area contributed by atoms with Crippen LogP contribution in [0.1, 0.15) is 39.5 Å². The highest BCUT2D eigenvalue weighted by Crippen LogP contribution is 2.29. The van der Waals surface area contributed by atoms with Crippen LogP contribution in [0, 0.1) is 5.82 Å². The summed E-state index contributed by atoms with van der Waals surface area (Å²) in [7, 11) is 0. The normalized spacial score (nSPS) is 13.7. The van der Waals surface area contributed by atoms with Gasteiger partial charge in [-0.15, -0.1) is 0 Å². The minimum absolute atomic E-state index is 0.0356. The second kappa shape index (κ2) is 12.4. The lowest BCUT2D eigenvalue weighted by atomic mass is 10.0. The number of aliphatic imine (C=N–C) groups is 1. The lowest BCUT2D eigenvalue weighted by molar-refractivity contribution is -0.137. The average Bonchev–Trinajstić information content (AvgIpc) is 2.82. The molecule has 1 amide bonds. The second-order valence-corrected chi connectivity index (χ2v) is 8.92. The molecular formula is C25H23Cl2F4N5O. The molecular weight excluding hydrogens is 533 g/mol. The number of benzene rings is 3. The highest BCUT2D eigenvalue weighted by molar-refractivity contribution is 6.31. The maximum Gasteiger partial charge on any atom is 0.416 e. The summed E-state index contributed by atoms with van der Waals surface area (Å²) in [6.45, 7) is -0.0538. The van der Waals surface area contributed by atoms with E-state index in [1.807, 2.05) is 0 Å². The van der Waals surface area contributed by atoms with E-state index < -0.39 is 35.7 Å². The zero-order valence-corrected chi connectivity index (χ0v) is 20.7. The number of halogens is 6. The van der Waals surface area contributed by atoms with Crippen molar-refractivity contribution in [1.29, 1.82) is 0 Å². The SMILES string of the molecule is NC(CC(N)c1cccc(Cl)c1)NC(=NCc1ccc(F)cc1Cl)NC(=O)c1ccc(C(F)(F)F)cc1. The molecule has 0 fully saturated rings. The third kappa shape index (κ3) is 8.43. The Bertz CT molecular complexity index is 1270. The van der Waals surface area contributed by atoms with Crippen molar-refractivity contribution in [2.24, 2.45) is 16.5 Å². The van der Waals surface area contributed by atoms with Crippen LogP contribution in [0.2, 0.25) is 10.0 Å². The molecule has 0 radical (unpaired) electrons. The van der Waals surface area contributed by atoms with Gasteiger partial charge in [-0.1, -0.05) is 41.4 Å². The first kappa shape index (κ1) is 28.4. The molecule has 0 heterocycles. The molecule has 3 rings (SSSR count). The van der Waals surface area contributed by atoms with Crippen molar-refractivity contribution < 1.29 is 22.4 Å². The second-order valence-electron chi connectivity index (χ2n) is 8.08. The third-order valence-corrected chi connectivity index (χ3v) is 5.82. The van der Waals surface area contributed by atoms with Crippen molar-refractivity contribution in [2.75, 3.05) is 0 Å². The van der Waals surface area contributed by atoms with Crippen LogP contribution in [0.4, 0.5) is 17.6 Å². The number of guanidine groups is 1. The summed E-state index contributed by atoms with van der Waals surface area (Å²) < 4.78 is 51.9. The fourth-order valence-corrected chi connectivity index (χ4v) is 3.73. The zero-order chi connectivity index (χ0) is 27.2. The number of hydrogen-bond acceptors (Lipinski definition) is 4. The van der Waals surface area contributed by atoms with Crippen LogP contribution in [0.3, 0.4) is 0 Å². The number of alkyl halides is 3.